The van der Waals surface area contributed by atoms with Crippen molar-refractivity contribution in [2.24, 2.45) is 0 Å². The molecule has 0 unspecified atom stereocenters. The van der Waals surface area contributed by atoms with Gasteiger partial charge in [0.25, 0.3) is 0 Å². The first-order valence-electron chi connectivity index (χ1n) is 3.58. The van der Waals surface area contributed by atoms with Crippen LogP contribution >= 0.6 is 0 Å². The van der Waals surface area contributed by atoms with Gasteiger partial charge in [-0.05, 0) is 20.8 Å². The van der Waals surface area contributed by atoms with E-state index in [0.717, 1.165) is 6.54 Å². The molecule has 0 radical (unpaired) electrons. The van der Waals surface area contributed by atoms with Crippen LogP contribution in [0.2, 0.25) is 0 Å². The van der Waals surface area contributed by atoms with E-state index in [2.05, 4.69) is 0 Å². The number of cyclic esters (lactones) is 1. The lowest BCUT2D eigenvalue weighted by molar-refractivity contribution is 0.135. The maximum Gasteiger partial charge on any atom is 0.410 e. The molecule has 1 aliphatic heterocycles. The summed E-state index contributed by atoms with van der Waals surface area (Å²) in [6.45, 7) is 6.61. The number of ether oxygens (including phenoxy) is 1. The monoisotopic (exact) mass is 143 g/mol. The molecule has 1 fully saturated rings. The van der Waals surface area contributed by atoms with Crippen molar-refractivity contribution in [3.05, 3.63) is 0 Å². The minimum atomic E-state index is -0.178. The molecule has 0 spiro atoms. The van der Waals surface area contributed by atoms with Crippen molar-refractivity contribution < 1.29 is 9.53 Å². The second-order valence-electron chi connectivity index (χ2n) is 2.94. The van der Waals surface area contributed by atoms with Gasteiger partial charge >= 0.3 is 6.09 Å². The normalized spacial score (nSPS) is 25.8. The van der Waals surface area contributed by atoms with Crippen LogP contribution < -0.4 is 0 Å². The van der Waals surface area contributed by atoms with Gasteiger partial charge in [-0.15, -0.1) is 0 Å². The largest absolute Gasteiger partial charge is 0.444 e. The van der Waals surface area contributed by atoms with Crippen molar-refractivity contribution in [1.29, 1.82) is 0 Å². The van der Waals surface area contributed by atoms with Crippen LogP contribution in [-0.4, -0.2) is 29.7 Å². The zero-order valence-corrected chi connectivity index (χ0v) is 6.63. The Hall–Kier alpha value is -0.730. The summed E-state index contributed by atoms with van der Waals surface area (Å²) in [4.78, 5) is 12.7. The Morgan fingerprint density at radius 3 is 2.50 bits per heavy atom. The fourth-order valence-corrected chi connectivity index (χ4v) is 1.05. The lowest BCUT2D eigenvalue weighted by Crippen LogP contribution is -2.31. The highest BCUT2D eigenvalue weighted by molar-refractivity contribution is 5.70. The smallest absolute Gasteiger partial charge is 0.410 e. The molecular weight excluding hydrogens is 130 g/mol. The minimum absolute atomic E-state index is 0.0647. The molecule has 1 atom stereocenters. The predicted molar refractivity (Wildman–Crippen MR) is 37.8 cm³/mol. The van der Waals surface area contributed by atoms with Gasteiger partial charge in [0.1, 0.15) is 6.10 Å². The molecule has 0 bridgehead atoms. The van der Waals surface area contributed by atoms with E-state index in [1.165, 1.54) is 0 Å². The van der Waals surface area contributed by atoms with Crippen LogP contribution in [0.3, 0.4) is 0 Å². The van der Waals surface area contributed by atoms with E-state index in [0.29, 0.717) is 0 Å². The standard InChI is InChI=1S/C7H13NO2/c1-5(2)8-4-6(3)10-7(8)9/h5-6H,4H2,1-3H3/t6-/m1/s1. The van der Waals surface area contributed by atoms with Crippen molar-refractivity contribution >= 4 is 6.09 Å². The van der Waals surface area contributed by atoms with Crippen molar-refractivity contribution in [3.63, 3.8) is 0 Å². The lowest BCUT2D eigenvalue weighted by atomic mass is 10.3. The van der Waals surface area contributed by atoms with Gasteiger partial charge in [0.2, 0.25) is 0 Å². The Morgan fingerprint density at radius 2 is 2.30 bits per heavy atom. The van der Waals surface area contributed by atoms with E-state index in [1.54, 1.807) is 4.90 Å². The Balaban J connectivity index is 2.55. The van der Waals surface area contributed by atoms with Crippen LogP contribution in [-0.2, 0) is 4.74 Å². The van der Waals surface area contributed by atoms with Gasteiger partial charge in [-0.3, -0.25) is 0 Å². The quantitative estimate of drug-likeness (QED) is 0.552. The van der Waals surface area contributed by atoms with Crippen molar-refractivity contribution in [3.8, 4) is 0 Å². The molecule has 3 nitrogen and oxygen atoms in total. The molecule has 0 N–H and O–H groups in total. The van der Waals surface area contributed by atoms with Crippen LogP contribution in [0.1, 0.15) is 20.8 Å². The molecule has 58 valence electrons. The number of carbonyl (C=O) groups excluding carboxylic acids is 1. The summed E-state index contributed by atoms with van der Waals surface area (Å²) in [5, 5.41) is 0. The number of nitrogens with zero attached hydrogens (tertiary/aromatic N) is 1. The average molecular weight is 143 g/mol. The fraction of sp³-hybridized carbons (Fsp3) is 0.857. The highest BCUT2D eigenvalue weighted by Gasteiger charge is 2.29. The molecule has 0 saturated carbocycles. The van der Waals surface area contributed by atoms with Gasteiger partial charge in [0.15, 0.2) is 0 Å². The van der Waals surface area contributed by atoms with E-state index in [4.69, 9.17) is 4.74 Å². The molecule has 1 saturated heterocycles. The first-order valence-corrected chi connectivity index (χ1v) is 3.58. The molecule has 0 aromatic carbocycles. The van der Waals surface area contributed by atoms with Crippen molar-refractivity contribution in [1.82, 2.24) is 4.90 Å². The zero-order chi connectivity index (χ0) is 7.72. The summed E-state index contributed by atoms with van der Waals surface area (Å²) in [5.74, 6) is 0. The molecule has 3 heteroatoms. The fourth-order valence-electron chi connectivity index (χ4n) is 1.05. The molecule has 10 heavy (non-hydrogen) atoms. The lowest BCUT2D eigenvalue weighted by Gasteiger charge is -2.16. The third-order valence-corrected chi connectivity index (χ3v) is 1.61. The molecule has 1 rings (SSSR count). The molecule has 1 amide bonds. The van der Waals surface area contributed by atoms with Gasteiger partial charge in [0, 0.05) is 6.04 Å². The zero-order valence-electron chi connectivity index (χ0n) is 6.63. The summed E-state index contributed by atoms with van der Waals surface area (Å²) in [6.07, 6.45) is -0.114. The van der Waals surface area contributed by atoms with Crippen molar-refractivity contribution in [2.75, 3.05) is 6.54 Å². The van der Waals surface area contributed by atoms with E-state index in [1.807, 2.05) is 20.8 Å². The molecular formula is C7H13NO2. The first-order chi connectivity index (χ1) is 4.61. The number of amides is 1. The predicted octanol–water partition coefficient (Wildman–Crippen LogP) is 1.24. The van der Waals surface area contributed by atoms with Crippen LogP contribution in [0, 0.1) is 0 Å². The number of hydrogen-bond acceptors (Lipinski definition) is 2. The van der Waals surface area contributed by atoms with E-state index in [-0.39, 0.29) is 18.2 Å². The Bertz CT molecular complexity index is 145. The number of carbonyl (C=O) groups is 1. The number of hydrogen-bond donors (Lipinski definition) is 0. The number of rotatable bonds is 1. The highest BCUT2D eigenvalue weighted by Crippen LogP contribution is 2.12. The molecule has 0 aromatic heterocycles. The van der Waals surface area contributed by atoms with Crippen molar-refractivity contribution in [2.45, 2.75) is 32.9 Å². The summed E-state index contributed by atoms with van der Waals surface area (Å²) >= 11 is 0. The van der Waals surface area contributed by atoms with E-state index >= 15 is 0 Å². The van der Waals surface area contributed by atoms with Crippen LogP contribution in [0.15, 0.2) is 0 Å². The molecule has 0 aliphatic carbocycles. The third-order valence-electron chi connectivity index (χ3n) is 1.61. The SMILES string of the molecule is CC(C)N1C[C@@H](C)OC1=O. The van der Waals surface area contributed by atoms with Gasteiger partial charge in [-0.1, -0.05) is 0 Å². The molecule has 1 heterocycles. The van der Waals surface area contributed by atoms with Gasteiger partial charge < -0.3 is 9.64 Å². The second-order valence-corrected chi connectivity index (χ2v) is 2.94. The van der Waals surface area contributed by atoms with Gasteiger partial charge in [-0.25, -0.2) is 4.79 Å². The second kappa shape index (κ2) is 2.48. The Labute approximate surface area is 61.0 Å². The van der Waals surface area contributed by atoms with Gasteiger partial charge in [0.05, 0.1) is 6.54 Å². The molecule has 1 aliphatic rings. The topological polar surface area (TPSA) is 29.5 Å². The van der Waals surface area contributed by atoms with Crippen LogP contribution in [0.25, 0.3) is 0 Å². The van der Waals surface area contributed by atoms with Crippen LogP contribution in [0.5, 0.6) is 0 Å². The Morgan fingerprint density at radius 1 is 1.70 bits per heavy atom. The van der Waals surface area contributed by atoms with E-state index < -0.39 is 0 Å². The summed E-state index contributed by atoms with van der Waals surface area (Å²) in [7, 11) is 0. The van der Waals surface area contributed by atoms with Crippen LogP contribution in [0.4, 0.5) is 4.79 Å². The van der Waals surface area contributed by atoms with Gasteiger partial charge in [-0.2, -0.15) is 0 Å². The van der Waals surface area contributed by atoms with E-state index in [9.17, 15) is 4.79 Å². The Kier molecular flexibility index (Phi) is 1.83. The molecule has 0 aromatic rings. The minimum Gasteiger partial charge on any atom is -0.444 e. The summed E-state index contributed by atoms with van der Waals surface area (Å²) in [5.41, 5.74) is 0. The summed E-state index contributed by atoms with van der Waals surface area (Å²) < 4.78 is 4.92. The third kappa shape index (κ3) is 1.23. The maximum atomic E-state index is 10.9. The highest BCUT2D eigenvalue weighted by atomic mass is 16.6. The first kappa shape index (κ1) is 7.38. The average Bonchev–Trinajstić information content (AvgIpc) is 2.10. The summed E-state index contributed by atoms with van der Waals surface area (Å²) in [6, 6.07) is 0.262. The maximum absolute atomic E-state index is 10.9.